The largest absolute Gasteiger partial charge is 0.496 e. The highest BCUT2D eigenvalue weighted by Crippen LogP contribution is 2.32. The van der Waals surface area contributed by atoms with Crippen molar-refractivity contribution in [2.24, 2.45) is 0 Å². The maximum absolute atomic E-state index is 5.38. The lowest BCUT2D eigenvalue weighted by Gasteiger charge is -2.15. The summed E-state index contributed by atoms with van der Waals surface area (Å²) in [6.07, 6.45) is 6.75. The molecule has 1 heteroatoms. The molecule has 0 radical (unpaired) electrons. The lowest BCUT2D eigenvalue weighted by Crippen LogP contribution is -1.95. The van der Waals surface area contributed by atoms with Gasteiger partial charge in [-0.25, -0.2) is 0 Å². The molecule has 78 valence electrons. The number of para-hydroxylation sites is 1. The predicted molar refractivity (Wildman–Crippen MR) is 64.0 cm³/mol. The standard InChI is InChI=1S/C14H16O/c1-11-7-3-4-8-12(11)13-9-5-6-10-14(13)15-2/h4-6,8-10H,3,7H2,1-2H3. The number of allylic oxidation sites excluding steroid dienone is 4. The van der Waals surface area contributed by atoms with Gasteiger partial charge in [0.25, 0.3) is 0 Å². The summed E-state index contributed by atoms with van der Waals surface area (Å²) < 4.78 is 5.38. The van der Waals surface area contributed by atoms with Crippen molar-refractivity contribution in [1.29, 1.82) is 0 Å². The Bertz CT molecular complexity index is 413. The van der Waals surface area contributed by atoms with Crippen LogP contribution >= 0.6 is 0 Å². The number of ether oxygens (including phenoxy) is 1. The van der Waals surface area contributed by atoms with Crippen LogP contribution in [0.5, 0.6) is 5.75 Å². The van der Waals surface area contributed by atoms with E-state index in [4.69, 9.17) is 4.74 Å². The van der Waals surface area contributed by atoms with Gasteiger partial charge in [0.1, 0.15) is 5.75 Å². The minimum Gasteiger partial charge on any atom is -0.496 e. The van der Waals surface area contributed by atoms with Gasteiger partial charge in [0, 0.05) is 5.56 Å². The van der Waals surface area contributed by atoms with Gasteiger partial charge in [-0.05, 0) is 31.4 Å². The van der Waals surface area contributed by atoms with Gasteiger partial charge in [0.15, 0.2) is 0 Å². The molecule has 1 aliphatic carbocycles. The molecule has 0 atom stereocenters. The predicted octanol–water partition coefficient (Wildman–Crippen LogP) is 3.82. The lowest BCUT2D eigenvalue weighted by molar-refractivity contribution is 0.413. The monoisotopic (exact) mass is 200 g/mol. The van der Waals surface area contributed by atoms with Gasteiger partial charge in [0.2, 0.25) is 0 Å². The second-order valence-corrected chi connectivity index (χ2v) is 3.84. The Morgan fingerprint density at radius 3 is 2.73 bits per heavy atom. The molecule has 0 N–H and O–H groups in total. The maximum atomic E-state index is 5.38. The van der Waals surface area contributed by atoms with E-state index in [1.54, 1.807) is 7.11 Å². The highest BCUT2D eigenvalue weighted by atomic mass is 16.5. The Hall–Kier alpha value is -1.50. The van der Waals surface area contributed by atoms with Crippen LogP contribution in [0.25, 0.3) is 5.57 Å². The van der Waals surface area contributed by atoms with Crippen molar-refractivity contribution in [3.8, 4) is 5.75 Å². The average molecular weight is 200 g/mol. The van der Waals surface area contributed by atoms with Crippen LogP contribution < -0.4 is 4.74 Å². The van der Waals surface area contributed by atoms with Crippen LogP contribution in [0.15, 0.2) is 42.0 Å². The molecule has 15 heavy (non-hydrogen) atoms. The van der Waals surface area contributed by atoms with Crippen molar-refractivity contribution in [2.45, 2.75) is 19.8 Å². The molecule has 1 aromatic carbocycles. The molecule has 0 bridgehead atoms. The third-order valence-electron chi connectivity index (χ3n) is 2.83. The van der Waals surface area contributed by atoms with Crippen molar-refractivity contribution < 1.29 is 4.74 Å². The molecule has 0 aliphatic heterocycles. The Kier molecular flexibility index (Phi) is 2.91. The summed E-state index contributed by atoms with van der Waals surface area (Å²) in [6, 6.07) is 8.19. The fourth-order valence-electron chi connectivity index (χ4n) is 1.96. The highest BCUT2D eigenvalue weighted by molar-refractivity contribution is 5.80. The first-order chi connectivity index (χ1) is 7.33. The number of hydrogen-bond acceptors (Lipinski definition) is 1. The van der Waals surface area contributed by atoms with E-state index < -0.39 is 0 Å². The van der Waals surface area contributed by atoms with Crippen molar-refractivity contribution in [2.75, 3.05) is 7.11 Å². The Morgan fingerprint density at radius 1 is 1.20 bits per heavy atom. The molecule has 0 aromatic heterocycles. The Balaban J connectivity index is 2.49. The van der Waals surface area contributed by atoms with Gasteiger partial charge in [-0.2, -0.15) is 0 Å². The molecule has 1 nitrogen and oxygen atoms in total. The van der Waals surface area contributed by atoms with Gasteiger partial charge in [-0.15, -0.1) is 0 Å². The minimum atomic E-state index is 0.957. The van der Waals surface area contributed by atoms with Crippen LogP contribution in [0, 0.1) is 0 Å². The number of rotatable bonds is 2. The Morgan fingerprint density at radius 2 is 2.00 bits per heavy atom. The van der Waals surface area contributed by atoms with E-state index in [0.29, 0.717) is 0 Å². The molecule has 0 saturated heterocycles. The first-order valence-corrected chi connectivity index (χ1v) is 5.32. The van der Waals surface area contributed by atoms with Gasteiger partial charge in [0.05, 0.1) is 7.11 Å². The summed E-state index contributed by atoms with van der Waals surface area (Å²) in [5.74, 6) is 0.957. The van der Waals surface area contributed by atoms with Crippen molar-refractivity contribution in [1.82, 2.24) is 0 Å². The van der Waals surface area contributed by atoms with Crippen LogP contribution in [0.1, 0.15) is 25.3 Å². The third-order valence-corrected chi connectivity index (χ3v) is 2.83. The SMILES string of the molecule is COc1ccccc1C1=C(C)CCC=C1. The van der Waals surface area contributed by atoms with E-state index in [2.05, 4.69) is 31.2 Å². The summed E-state index contributed by atoms with van der Waals surface area (Å²) in [5, 5.41) is 0. The molecule has 0 amide bonds. The third kappa shape index (κ3) is 1.96. The first-order valence-electron chi connectivity index (χ1n) is 5.32. The average Bonchev–Trinajstić information content (AvgIpc) is 2.30. The van der Waals surface area contributed by atoms with Gasteiger partial charge >= 0.3 is 0 Å². The molecule has 0 fully saturated rings. The summed E-state index contributed by atoms with van der Waals surface area (Å²) in [6.45, 7) is 2.20. The molecule has 0 saturated carbocycles. The summed E-state index contributed by atoms with van der Waals surface area (Å²) in [4.78, 5) is 0. The molecule has 0 heterocycles. The van der Waals surface area contributed by atoms with E-state index in [1.165, 1.54) is 16.7 Å². The van der Waals surface area contributed by atoms with E-state index in [-0.39, 0.29) is 0 Å². The van der Waals surface area contributed by atoms with Gasteiger partial charge < -0.3 is 4.74 Å². The normalized spacial score (nSPS) is 15.6. The zero-order chi connectivity index (χ0) is 10.7. The molecule has 0 unspecified atom stereocenters. The van der Waals surface area contributed by atoms with Crippen LogP contribution in [0.4, 0.5) is 0 Å². The van der Waals surface area contributed by atoms with Crippen LogP contribution in [0.2, 0.25) is 0 Å². The number of hydrogen-bond donors (Lipinski definition) is 0. The second kappa shape index (κ2) is 4.35. The van der Waals surface area contributed by atoms with E-state index in [0.717, 1.165) is 18.6 Å². The summed E-state index contributed by atoms with van der Waals surface area (Å²) >= 11 is 0. The second-order valence-electron chi connectivity index (χ2n) is 3.84. The molecule has 2 rings (SSSR count). The lowest BCUT2D eigenvalue weighted by atomic mass is 9.93. The van der Waals surface area contributed by atoms with E-state index in [1.807, 2.05) is 12.1 Å². The van der Waals surface area contributed by atoms with Crippen LogP contribution in [-0.2, 0) is 0 Å². The smallest absolute Gasteiger partial charge is 0.126 e. The summed E-state index contributed by atoms with van der Waals surface area (Å²) in [7, 11) is 1.72. The van der Waals surface area contributed by atoms with Crippen molar-refractivity contribution in [3.63, 3.8) is 0 Å². The van der Waals surface area contributed by atoms with Gasteiger partial charge in [-0.1, -0.05) is 35.9 Å². The highest BCUT2D eigenvalue weighted by Gasteiger charge is 2.10. The first kappa shape index (κ1) is 10.0. The van der Waals surface area contributed by atoms with E-state index >= 15 is 0 Å². The van der Waals surface area contributed by atoms with E-state index in [9.17, 15) is 0 Å². The minimum absolute atomic E-state index is 0.957. The number of methoxy groups -OCH3 is 1. The quantitative estimate of drug-likeness (QED) is 0.705. The fourth-order valence-corrected chi connectivity index (χ4v) is 1.96. The maximum Gasteiger partial charge on any atom is 0.126 e. The summed E-state index contributed by atoms with van der Waals surface area (Å²) in [5.41, 5.74) is 3.97. The van der Waals surface area contributed by atoms with Crippen molar-refractivity contribution in [3.05, 3.63) is 47.6 Å². The Labute approximate surface area is 91.1 Å². The molecule has 1 aliphatic rings. The topological polar surface area (TPSA) is 9.23 Å². The zero-order valence-corrected chi connectivity index (χ0v) is 9.29. The molecular formula is C14H16O. The zero-order valence-electron chi connectivity index (χ0n) is 9.29. The fraction of sp³-hybridized carbons (Fsp3) is 0.286. The molecule has 0 spiro atoms. The van der Waals surface area contributed by atoms with Gasteiger partial charge in [-0.3, -0.25) is 0 Å². The number of benzene rings is 1. The van der Waals surface area contributed by atoms with Crippen LogP contribution in [0.3, 0.4) is 0 Å². The van der Waals surface area contributed by atoms with Crippen LogP contribution in [-0.4, -0.2) is 7.11 Å². The molecular weight excluding hydrogens is 184 g/mol. The van der Waals surface area contributed by atoms with Crippen molar-refractivity contribution >= 4 is 5.57 Å². The molecule has 1 aromatic rings.